The fourth-order valence-corrected chi connectivity index (χ4v) is 2.15. The molecule has 0 spiro atoms. The van der Waals surface area contributed by atoms with E-state index in [1.807, 2.05) is 41.5 Å². The van der Waals surface area contributed by atoms with Crippen molar-refractivity contribution in [3.05, 3.63) is 0 Å². The molecule has 0 aromatic heterocycles. The number of hydrogen-bond acceptors (Lipinski definition) is 4. The van der Waals surface area contributed by atoms with Gasteiger partial charge in [-0.3, -0.25) is 4.79 Å². The van der Waals surface area contributed by atoms with Crippen molar-refractivity contribution in [3.63, 3.8) is 0 Å². The summed E-state index contributed by atoms with van der Waals surface area (Å²) in [4.78, 5) is 23.9. The Kier molecular flexibility index (Phi) is 8.71. The lowest BCUT2D eigenvalue weighted by Crippen LogP contribution is -2.42. The van der Waals surface area contributed by atoms with Crippen molar-refractivity contribution in [1.82, 2.24) is 0 Å². The maximum atomic E-state index is 12.7. The third kappa shape index (κ3) is 8.01. The van der Waals surface area contributed by atoms with Crippen LogP contribution < -0.4 is 0 Å². The van der Waals surface area contributed by atoms with Crippen LogP contribution in [0.2, 0.25) is 0 Å². The number of carbonyl (C=O) groups excluding carboxylic acids is 2. The lowest BCUT2D eigenvalue weighted by molar-refractivity contribution is -0.294. The van der Waals surface area contributed by atoms with Gasteiger partial charge in [0.2, 0.25) is 0 Å². The standard InChI is InChI=1S/C18H29F5O4/c1-7-15(3,4)9-12(16(5,6)8-2)14(25)26-10-13(24)27-11-17(19,20)18(21,22)23/h12H,7-11H2,1-6H3. The van der Waals surface area contributed by atoms with Crippen LogP contribution in [-0.2, 0) is 19.1 Å². The van der Waals surface area contributed by atoms with Crippen molar-refractivity contribution >= 4 is 11.9 Å². The number of esters is 2. The van der Waals surface area contributed by atoms with Crippen LogP contribution in [-0.4, -0.2) is 37.3 Å². The Morgan fingerprint density at radius 1 is 0.889 bits per heavy atom. The number of rotatable bonds is 10. The van der Waals surface area contributed by atoms with E-state index in [1.54, 1.807) is 0 Å². The summed E-state index contributed by atoms with van der Waals surface area (Å²) in [6.45, 7) is 8.39. The Morgan fingerprint density at radius 3 is 1.81 bits per heavy atom. The van der Waals surface area contributed by atoms with Gasteiger partial charge in [-0.15, -0.1) is 0 Å². The van der Waals surface area contributed by atoms with Gasteiger partial charge in [0.1, 0.15) is 0 Å². The molecule has 0 saturated heterocycles. The highest BCUT2D eigenvalue weighted by Crippen LogP contribution is 2.41. The Labute approximate surface area is 156 Å². The zero-order valence-electron chi connectivity index (χ0n) is 16.6. The van der Waals surface area contributed by atoms with Crippen molar-refractivity contribution in [1.29, 1.82) is 0 Å². The van der Waals surface area contributed by atoms with E-state index in [0.717, 1.165) is 6.42 Å². The summed E-state index contributed by atoms with van der Waals surface area (Å²) in [6, 6.07) is 0. The molecule has 0 aromatic rings. The van der Waals surface area contributed by atoms with Gasteiger partial charge in [0, 0.05) is 0 Å². The summed E-state index contributed by atoms with van der Waals surface area (Å²) in [5.74, 6) is -7.90. The molecule has 1 atom stereocenters. The van der Waals surface area contributed by atoms with Crippen molar-refractivity contribution < 1.29 is 41.0 Å². The average molecular weight is 404 g/mol. The first-order valence-electron chi connectivity index (χ1n) is 8.76. The molecule has 27 heavy (non-hydrogen) atoms. The van der Waals surface area contributed by atoms with E-state index < -0.39 is 48.6 Å². The van der Waals surface area contributed by atoms with Gasteiger partial charge in [-0.1, -0.05) is 54.4 Å². The molecule has 0 heterocycles. The quantitative estimate of drug-likeness (QED) is 0.373. The average Bonchev–Trinajstić information content (AvgIpc) is 2.54. The van der Waals surface area contributed by atoms with Gasteiger partial charge in [0.05, 0.1) is 5.92 Å². The third-order valence-corrected chi connectivity index (χ3v) is 5.01. The number of hydrogen-bond donors (Lipinski definition) is 0. The second-order valence-corrected chi connectivity index (χ2v) is 8.09. The molecule has 0 rings (SSSR count). The number of carbonyl (C=O) groups is 2. The summed E-state index contributed by atoms with van der Waals surface area (Å²) in [5.41, 5.74) is -0.623. The van der Waals surface area contributed by atoms with Crippen LogP contribution in [0.3, 0.4) is 0 Å². The molecule has 0 aliphatic rings. The monoisotopic (exact) mass is 404 g/mol. The first-order chi connectivity index (χ1) is 12.0. The lowest BCUT2D eigenvalue weighted by atomic mass is 9.68. The highest BCUT2D eigenvalue weighted by atomic mass is 19.4. The highest BCUT2D eigenvalue weighted by molar-refractivity contribution is 5.78. The van der Waals surface area contributed by atoms with Gasteiger partial charge in [0.25, 0.3) is 0 Å². The Morgan fingerprint density at radius 2 is 1.41 bits per heavy atom. The van der Waals surface area contributed by atoms with Gasteiger partial charge >= 0.3 is 24.0 Å². The highest BCUT2D eigenvalue weighted by Gasteiger charge is 2.58. The van der Waals surface area contributed by atoms with Crippen LogP contribution in [0, 0.1) is 16.7 Å². The van der Waals surface area contributed by atoms with E-state index >= 15 is 0 Å². The van der Waals surface area contributed by atoms with Crippen molar-refractivity contribution in [2.45, 2.75) is 72.9 Å². The summed E-state index contributed by atoms with van der Waals surface area (Å²) in [7, 11) is 0. The Hall–Kier alpha value is -1.41. The van der Waals surface area contributed by atoms with Crippen LogP contribution in [0.15, 0.2) is 0 Å². The fraction of sp³-hybridized carbons (Fsp3) is 0.889. The summed E-state index contributed by atoms with van der Waals surface area (Å²) in [6.07, 6.45) is -3.91. The first kappa shape index (κ1) is 25.6. The molecule has 0 amide bonds. The predicted octanol–water partition coefficient (Wildman–Crippen LogP) is 5.15. The topological polar surface area (TPSA) is 52.6 Å². The van der Waals surface area contributed by atoms with E-state index in [9.17, 15) is 31.5 Å². The van der Waals surface area contributed by atoms with Gasteiger partial charge in [0.15, 0.2) is 13.2 Å². The van der Waals surface area contributed by atoms with Crippen molar-refractivity contribution in [3.8, 4) is 0 Å². The first-order valence-corrected chi connectivity index (χ1v) is 8.76. The van der Waals surface area contributed by atoms with E-state index in [1.165, 1.54) is 0 Å². The minimum Gasteiger partial charge on any atom is -0.456 e. The Balaban J connectivity index is 4.89. The minimum absolute atomic E-state index is 0.175. The molecule has 0 aliphatic carbocycles. The second kappa shape index (κ2) is 9.19. The molecule has 4 nitrogen and oxygen atoms in total. The smallest absolute Gasteiger partial charge is 0.456 e. The van der Waals surface area contributed by atoms with Crippen LogP contribution in [0.4, 0.5) is 22.0 Å². The molecule has 0 N–H and O–H groups in total. The van der Waals surface area contributed by atoms with Crippen LogP contribution >= 0.6 is 0 Å². The van der Waals surface area contributed by atoms with E-state index in [4.69, 9.17) is 4.74 Å². The summed E-state index contributed by atoms with van der Waals surface area (Å²) >= 11 is 0. The summed E-state index contributed by atoms with van der Waals surface area (Å²) < 4.78 is 70.4. The molecular formula is C18H29F5O4. The second-order valence-electron chi connectivity index (χ2n) is 8.09. The lowest BCUT2D eigenvalue weighted by Gasteiger charge is -2.37. The zero-order chi connectivity index (χ0) is 21.7. The zero-order valence-corrected chi connectivity index (χ0v) is 16.6. The normalized spacial score (nSPS) is 14.6. The predicted molar refractivity (Wildman–Crippen MR) is 89.2 cm³/mol. The molecule has 0 aliphatic heterocycles. The number of halogens is 5. The third-order valence-electron chi connectivity index (χ3n) is 5.01. The van der Waals surface area contributed by atoms with Gasteiger partial charge < -0.3 is 9.47 Å². The number of ether oxygens (including phenoxy) is 2. The van der Waals surface area contributed by atoms with Crippen LogP contribution in [0.25, 0.3) is 0 Å². The number of alkyl halides is 5. The van der Waals surface area contributed by atoms with Crippen molar-refractivity contribution in [2.75, 3.05) is 13.2 Å². The molecule has 0 radical (unpaired) electrons. The molecule has 160 valence electrons. The SMILES string of the molecule is CCC(C)(C)CC(C(=O)OCC(=O)OCC(F)(F)C(F)(F)F)C(C)(C)CC. The molecule has 1 unspecified atom stereocenters. The minimum atomic E-state index is -5.83. The largest absolute Gasteiger partial charge is 0.456 e. The van der Waals surface area contributed by atoms with Gasteiger partial charge in [-0.05, 0) is 17.3 Å². The van der Waals surface area contributed by atoms with Crippen LogP contribution in [0.1, 0.15) is 60.8 Å². The summed E-state index contributed by atoms with van der Waals surface area (Å²) in [5, 5.41) is 0. The van der Waals surface area contributed by atoms with Crippen molar-refractivity contribution in [2.24, 2.45) is 16.7 Å². The Bertz CT molecular complexity index is 512. The molecule has 0 saturated carbocycles. The maximum Gasteiger partial charge on any atom is 0.456 e. The molecule has 0 aromatic carbocycles. The molecule has 9 heteroatoms. The molecule has 0 bridgehead atoms. The van der Waals surface area contributed by atoms with Crippen LogP contribution in [0.5, 0.6) is 0 Å². The van der Waals surface area contributed by atoms with E-state index in [-0.39, 0.29) is 5.41 Å². The van der Waals surface area contributed by atoms with Gasteiger partial charge in [-0.2, -0.15) is 22.0 Å². The maximum absolute atomic E-state index is 12.7. The van der Waals surface area contributed by atoms with Gasteiger partial charge in [-0.25, -0.2) is 4.79 Å². The molecule has 0 fully saturated rings. The fourth-order valence-electron chi connectivity index (χ4n) is 2.15. The molecular weight excluding hydrogens is 375 g/mol. The van der Waals surface area contributed by atoms with E-state index in [0.29, 0.717) is 12.8 Å². The van der Waals surface area contributed by atoms with E-state index in [2.05, 4.69) is 4.74 Å².